The Hall–Kier alpha value is -0.550. The molecule has 17 heavy (non-hydrogen) atoms. The zero-order valence-corrected chi connectivity index (χ0v) is 11.8. The third kappa shape index (κ3) is 2.36. The third-order valence-electron chi connectivity index (χ3n) is 2.21. The molecule has 0 atom stereocenters. The van der Waals surface area contributed by atoms with Gasteiger partial charge in [-0.15, -0.1) is 11.3 Å². The summed E-state index contributed by atoms with van der Waals surface area (Å²) in [5.41, 5.74) is 0.698. The van der Waals surface area contributed by atoms with Crippen LogP contribution >= 0.6 is 46.1 Å². The van der Waals surface area contributed by atoms with Crippen LogP contribution in [0.4, 0.5) is 0 Å². The van der Waals surface area contributed by atoms with Crippen LogP contribution < -0.4 is 0 Å². The predicted octanol–water partition coefficient (Wildman–Crippen LogP) is 4.16. The fourth-order valence-electron chi connectivity index (χ4n) is 1.45. The van der Waals surface area contributed by atoms with Crippen LogP contribution in [0.15, 0.2) is 12.3 Å². The first-order valence-electron chi connectivity index (χ1n) is 4.75. The van der Waals surface area contributed by atoms with Crippen molar-refractivity contribution in [2.24, 2.45) is 0 Å². The minimum Gasteiger partial charge on any atom is -0.287 e. The maximum atomic E-state index is 12.3. The number of hydrogen-bond donors (Lipinski definition) is 0. The van der Waals surface area contributed by atoms with Crippen molar-refractivity contribution < 1.29 is 4.79 Å². The normalized spacial score (nSPS) is 10.8. The molecule has 0 spiro atoms. The van der Waals surface area contributed by atoms with Crippen LogP contribution in [0.2, 0.25) is 13.7 Å². The number of carbonyl (C=O) groups is 1. The molecule has 0 bridgehead atoms. The van der Waals surface area contributed by atoms with Gasteiger partial charge in [-0.2, -0.15) is 5.10 Å². The van der Waals surface area contributed by atoms with Crippen LogP contribution in [0.3, 0.4) is 0 Å². The topological polar surface area (TPSA) is 34.9 Å². The Balaban J connectivity index is 2.50. The van der Waals surface area contributed by atoms with E-state index in [0.29, 0.717) is 31.5 Å². The van der Waals surface area contributed by atoms with Gasteiger partial charge in [0.1, 0.15) is 10.0 Å². The van der Waals surface area contributed by atoms with E-state index in [9.17, 15) is 4.79 Å². The van der Waals surface area contributed by atoms with Gasteiger partial charge in [-0.3, -0.25) is 9.48 Å². The molecule has 0 aliphatic carbocycles. The molecule has 0 aromatic carbocycles. The average Bonchev–Trinajstić information content (AvgIpc) is 2.80. The van der Waals surface area contributed by atoms with Gasteiger partial charge in [0.2, 0.25) is 5.78 Å². The van der Waals surface area contributed by atoms with Crippen molar-refractivity contribution in [3.05, 3.63) is 37.2 Å². The summed E-state index contributed by atoms with van der Waals surface area (Å²) in [6.07, 6.45) is 1.44. The highest BCUT2D eigenvalue weighted by molar-refractivity contribution is 7.20. The van der Waals surface area contributed by atoms with E-state index in [-0.39, 0.29) is 5.78 Å². The minimum atomic E-state index is -0.262. The number of rotatable bonds is 3. The van der Waals surface area contributed by atoms with E-state index in [4.69, 9.17) is 34.8 Å². The van der Waals surface area contributed by atoms with Crippen molar-refractivity contribution in [1.82, 2.24) is 9.78 Å². The van der Waals surface area contributed by atoms with Gasteiger partial charge in [-0.1, -0.05) is 34.8 Å². The monoisotopic (exact) mass is 308 g/mol. The van der Waals surface area contributed by atoms with Crippen LogP contribution in [-0.2, 0) is 6.54 Å². The lowest BCUT2D eigenvalue weighted by atomic mass is 10.1. The van der Waals surface area contributed by atoms with Crippen molar-refractivity contribution in [1.29, 1.82) is 0 Å². The molecule has 0 amide bonds. The largest absolute Gasteiger partial charge is 0.287 e. The molecule has 3 nitrogen and oxygen atoms in total. The molecule has 0 aliphatic rings. The number of hydrogen-bond acceptors (Lipinski definition) is 3. The van der Waals surface area contributed by atoms with Gasteiger partial charge in [-0.25, -0.2) is 0 Å². The van der Waals surface area contributed by atoms with E-state index in [1.54, 1.807) is 6.07 Å². The molecule has 0 saturated heterocycles. The summed E-state index contributed by atoms with van der Waals surface area (Å²) in [4.78, 5) is 12.3. The minimum absolute atomic E-state index is 0.262. The third-order valence-corrected chi connectivity index (χ3v) is 3.97. The first kappa shape index (κ1) is 12.9. The van der Waals surface area contributed by atoms with Crippen molar-refractivity contribution in [2.75, 3.05) is 0 Å². The molecule has 2 heterocycles. The van der Waals surface area contributed by atoms with Gasteiger partial charge < -0.3 is 0 Å². The number of aryl methyl sites for hydroxylation is 1. The molecule has 0 unspecified atom stereocenters. The lowest BCUT2D eigenvalue weighted by Gasteiger charge is -2.03. The van der Waals surface area contributed by atoms with E-state index < -0.39 is 0 Å². The summed E-state index contributed by atoms with van der Waals surface area (Å²) >= 11 is 18.9. The van der Waals surface area contributed by atoms with Crippen molar-refractivity contribution in [3.63, 3.8) is 0 Å². The fraction of sp³-hybridized carbons (Fsp3) is 0.200. The Kier molecular flexibility index (Phi) is 3.78. The van der Waals surface area contributed by atoms with Crippen LogP contribution in [0.1, 0.15) is 23.0 Å². The summed E-state index contributed by atoms with van der Waals surface area (Å²) in [6, 6.07) is 1.54. The average molecular weight is 310 g/mol. The van der Waals surface area contributed by atoms with E-state index in [1.165, 1.54) is 10.9 Å². The second-order valence-corrected chi connectivity index (χ2v) is 5.92. The van der Waals surface area contributed by atoms with Crippen LogP contribution in [-0.4, -0.2) is 15.6 Å². The van der Waals surface area contributed by atoms with Crippen LogP contribution in [0, 0.1) is 0 Å². The SMILES string of the molecule is CCn1ncc(Cl)c1C(=O)c1cc(Cl)sc1Cl. The quantitative estimate of drug-likeness (QED) is 0.798. The van der Waals surface area contributed by atoms with Gasteiger partial charge in [0, 0.05) is 6.54 Å². The maximum Gasteiger partial charge on any atom is 0.214 e. The van der Waals surface area contributed by atoms with E-state index >= 15 is 0 Å². The van der Waals surface area contributed by atoms with Gasteiger partial charge in [0.15, 0.2) is 0 Å². The molecule has 7 heteroatoms. The molecule has 0 saturated carbocycles. The highest BCUT2D eigenvalue weighted by Gasteiger charge is 2.22. The van der Waals surface area contributed by atoms with Gasteiger partial charge in [0.05, 0.1) is 21.1 Å². The zero-order valence-electron chi connectivity index (χ0n) is 8.71. The van der Waals surface area contributed by atoms with Crippen molar-refractivity contribution in [2.45, 2.75) is 13.5 Å². The van der Waals surface area contributed by atoms with Crippen molar-refractivity contribution in [3.8, 4) is 0 Å². The number of carbonyl (C=O) groups excluding carboxylic acids is 1. The lowest BCUT2D eigenvalue weighted by molar-refractivity contribution is 0.103. The number of aromatic nitrogens is 2. The summed E-state index contributed by atoms with van der Waals surface area (Å²) < 4.78 is 2.36. The number of ketones is 1. The molecule has 0 N–H and O–H groups in total. The molecule has 0 fully saturated rings. The molecular weight excluding hydrogens is 303 g/mol. The number of nitrogens with zero attached hydrogens (tertiary/aromatic N) is 2. The van der Waals surface area contributed by atoms with Crippen molar-refractivity contribution >= 4 is 51.9 Å². The number of halogens is 3. The van der Waals surface area contributed by atoms with Gasteiger partial charge >= 0.3 is 0 Å². The first-order chi connectivity index (χ1) is 8.04. The Labute approximate surface area is 117 Å². The molecular formula is C10H7Cl3N2OS. The maximum absolute atomic E-state index is 12.3. The summed E-state index contributed by atoms with van der Waals surface area (Å²) in [7, 11) is 0. The highest BCUT2D eigenvalue weighted by Crippen LogP contribution is 2.33. The van der Waals surface area contributed by atoms with E-state index in [0.717, 1.165) is 11.3 Å². The number of thiophene rings is 1. The second kappa shape index (κ2) is 4.98. The van der Waals surface area contributed by atoms with Crippen LogP contribution in [0.25, 0.3) is 0 Å². The van der Waals surface area contributed by atoms with Gasteiger partial charge in [-0.05, 0) is 13.0 Å². The zero-order chi connectivity index (χ0) is 12.6. The molecule has 2 aromatic heterocycles. The Morgan fingerprint density at radius 1 is 1.47 bits per heavy atom. The fourth-order valence-corrected chi connectivity index (χ4v) is 3.14. The highest BCUT2D eigenvalue weighted by atomic mass is 35.5. The standard InChI is InChI=1S/C10H7Cl3N2OS/c1-2-15-8(6(11)4-14-15)9(16)5-3-7(12)17-10(5)13/h3-4H,2H2,1H3. The molecule has 0 aliphatic heterocycles. The lowest BCUT2D eigenvalue weighted by Crippen LogP contribution is -2.10. The molecule has 2 aromatic rings. The molecule has 90 valence electrons. The van der Waals surface area contributed by atoms with Crippen LogP contribution in [0.5, 0.6) is 0 Å². The summed E-state index contributed by atoms with van der Waals surface area (Å²) in [5.74, 6) is -0.262. The Morgan fingerprint density at radius 2 is 2.18 bits per heavy atom. The Bertz CT molecular complexity index is 576. The van der Waals surface area contributed by atoms with E-state index in [2.05, 4.69) is 5.10 Å². The molecule has 0 radical (unpaired) electrons. The summed E-state index contributed by atoms with van der Waals surface area (Å²) in [5, 5.41) is 4.32. The smallest absolute Gasteiger partial charge is 0.214 e. The second-order valence-electron chi connectivity index (χ2n) is 3.22. The van der Waals surface area contributed by atoms with Gasteiger partial charge in [0.25, 0.3) is 0 Å². The first-order valence-corrected chi connectivity index (χ1v) is 6.70. The van der Waals surface area contributed by atoms with E-state index in [1.807, 2.05) is 6.92 Å². The summed E-state index contributed by atoms with van der Waals surface area (Å²) in [6.45, 7) is 2.44. The molecule has 2 rings (SSSR count). The predicted molar refractivity (Wildman–Crippen MR) is 70.7 cm³/mol. The Morgan fingerprint density at radius 3 is 2.71 bits per heavy atom.